The molecule has 226 valence electrons. The van der Waals surface area contributed by atoms with Gasteiger partial charge < -0.3 is 20.7 Å². The van der Waals surface area contributed by atoms with Crippen molar-refractivity contribution in [3.05, 3.63) is 42.1 Å². The van der Waals surface area contributed by atoms with Crippen LogP contribution in [0, 0.1) is 5.82 Å². The molecule has 4 aromatic rings. The van der Waals surface area contributed by atoms with Gasteiger partial charge in [-0.2, -0.15) is 5.10 Å². The van der Waals surface area contributed by atoms with Gasteiger partial charge >= 0.3 is 13.8 Å². The largest absolute Gasteiger partial charge is 0.477 e. The molecule has 4 rings (SSSR count). The number of fused-ring (bicyclic) bond motifs is 1. The Balaban J connectivity index is 1.68. The summed E-state index contributed by atoms with van der Waals surface area (Å²) in [7, 11) is -3.99. The lowest BCUT2D eigenvalue weighted by molar-refractivity contribution is -0.00759. The van der Waals surface area contributed by atoms with E-state index in [9.17, 15) is 9.36 Å². The molecule has 4 N–H and O–H groups in total. The predicted octanol–water partition coefficient (Wildman–Crippen LogP) is 5.95. The van der Waals surface area contributed by atoms with E-state index in [-0.39, 0.29) is 52.6 Å². The van der Waals surface area contributed by atoms with E-state index in [0.29, 0.717) is 11.1 Å². The van der Waals surface area contributed by atoms with Crippen molar-refractivity contribution in [3.63, 3.8) is 0 Å². The van der Waals surface area contributed by atoms with Crippen LogP contribution in [-0.2, 0) is 29.6 Å². The SMILES string of the molecule is CCOC(=O)c1cc(-c2ncc(-c3cnn(COP(=O)(OC(C)(C)C)OC(C)(C)C)c3)c3onc(N)c23)c(F)cc1N. The van der Waals surface area contributed by atoms with Crippen LogP contribution >= 0.6 is 7.82 Å². The number of nitrogens with zero attached hydrogens (tertiary/aromatic N) is 4. The van der Waals surface area contributed by atoms with Crippen molar-refractivity contribution in [1.29, 1.82) is 0 Å². The van der Waals surface area contributed by atoms with Gasteiger partial charge in [-0.25, -0.2) is 18.4 Å². The fraction of sp³-hybridized carbons (Fsp3) is 0.407. The molecule has 0 amide bonds. The normalized spacial score (nSPS) is 12.7. The van der Waals surface area contributed by atoms with Crippen LogP contribution in [0.15, 0.2) is 35.2 Å². The van der Waals surface area contributed by atoms with Crippen molar-refractivity contribution in [1.82, 2.24) is 19.9 Å². The Hall–Kier alpha value is -3.84. The number of aromatic nitrogens is 4. The Morgan fingerprint density at radius 2 is 1.74 bits per heavy atom. The fourth-order valence-corrected chi connectivity index (χ4v) is 5.72. The molecule has 0 saturated carbocycles. The Morgan fingerprint density at radius 1 is 1.07 bits per heavy atom. The smallest absolute Gasteiger partial charge is 0.462 e. The Kier molecular flexibility index (Phi) is 8.47. The molecular weight excluding hydrogens is 570 g/mol. The van der Waals surface area contributed by atoms with Crippen LogP contribution in [0.5, 0.6) is 0 Å². The van der Waals surface area contributed by atoms with Crippen LogP contribution in [0.1, 0.15) is 58.8 Å². The van der Waals surface area contributed by atoms with Crippen LogP contribution in [-0.4, -0.2) is 43.7 Å². The lowest BCUT2D eigenvalue weighted by atomic mass is 10.0. The maximum Gasteiger partial charge on any atom is 0.477 e. The maximum absolute atomic E-state index is 15.1. The van der Waals surface area contributed by atoms with Gasteiger partial charge in [-0.3, -0.25) is 18.6 Å². The second kappa shape index (κ2) is 11.4. The van der Waals surface area contributed by atoms with Crippen LogP contribution in [0.25, 0.3) is 33.4 Å². The van der Waals surface area contributed by atoms with Gasteiger partial charge in [-0.15, -0.1) is 0 Å². The first-order chi connectivity index (χ1) is 19.5. The third kappa shape index (κ3) is 6.96. The highest BCUT2D eigenvalue weighted by Crippen LogP contribution is 2.55. The first kappa shape index (κ1) is 31.1. The highest BCUT2D eigenvalue weighted by atomic mass is 31.2. The van der Waals surface area contributed by atoms with Crippen molar-refractivity contribution < 1.29 is 36.6 Å². The number of rotatable bonds is 9. The summed E-state index contributed by atoms with van der Waals surface area (Å²) in [5.74, 6) is -1.48. The standard InChI is InChI=1S/C27H34FN6O7P/c1-8-37-25(35)17-9-16(19(28)10-20(17)29)22-21-23(39-33-24(21)30)18(12-31-22)15-11-32-34(13-15)14-38-42(36,40-26(2,3)4)41-27(5,6)7/h9-13H,8,14,29H2,1-7H3,(H2,30,33). The number of hydrogen-bond donors (Lipinski definition) is 2. The molecule has 1 aromatic carbocycles. The summed E-state index contributed by atoms with van der Waals surface area (Å²) in [5, 5.41) is 8.34. The molecule has 0 spiro atoms. The monoisotopic (exact) mass is 604 g/mol. The number of halogens is 1. The number of phosphoric acid groups is 1. The van der Waals surface area contributed by atoms with E-state index in [0.717, 1.165) is 6.07 Å². The fourth-order valence-electron chi connectivity index (χ4n) is 3.98. The van der Waals surface area contributed by atoms with Crippen molar-refractivity contribution in [2.45, 2.75) is 66.4 Å². The van der Waals surface area contributed by atoms with Gasteiger partial charge in [0.05, 0.1) is 40.6 Å². The van der Waals surface area contributed by atoms with Crippen molar-refractivity contribution >= 4 is 36.3 Å². The van der Waals surface area contributed by atoms with Gasteiger partial charge in [-0.1, -0.05) is 5.16 Å². The van der Waals surface area contributed by atoms with E-state index >= 15 is 4.39 Å². The van der Waals surface area contributed by atoms with Gasteiger partial charge in [0, 0.05) is 34.8 Å². The zero-order valence-corrected chi connectivity index (χ0v) is 25.3. The molecular formula is C27H34FN6O7P. The molecule has 0 aliphatic heterocycles. The van der Waals surface area contributed by atoms with E-state index in [1.807, 2.05) is 0 Å². The molecule has 15 heteroatoms. The van der Waals surface area contributed by atoms with Crippen LogP contribution in [0.3, 0.4) is 0 Å². The summed E-state index contributed by atoms with van der Waals surface area (Å²) >= 11 is 0. The van der Waals surface area contributed by atoms with Crippen molar-refractivity contribution in [3.8, 4) is 22.4 Å². The molecule has 0 aliphatic rings. The zero-order valence-electron chi connectivity index (χ0n) is 24.4. The van der Waals surface area contributed by atoms with Gasteiger partial charge in [0.25, 0.3) is 0 Å². The molecule has 0 bridgehead atoms. The summed E-state index contributed by atoms with van der Waals surface area (Å²) in [6.07, 6.45) is 4.53. The minimum absolute atomic E-state index is 0.0215. The molecule has 0 aliphatic carbocycles. The molecule has 0 radical (unpaired) electrons. The van der Waals surface area contributed by atoms with Crippen molar-refractivity contribution in [2.75, 3.05) is 18.1 Å². The minimum Gasteiger partial charge on any atom is -0.462 e. The van der Waals surface area contributed by atoms with Gasteiger partial charge in [0.2, 0.25) is 0 Å². The summed E-state index contributed by atoms with van der Waals surface area (Å²) in [6.45, 7) is 11.9. The van der Waals surface area contributed by atoms with Crippen LogP contribution in [0.2, 0.25) is 0 Å². The second-order valence-electron chi connectivity index (χ2n) is 11.3. The molecule has 0 saturated heterocycles. The van der Waals surface area contributed by atoms with E-state index in [2.05, 4.69) is 15.2 Å². The summed E-state index contributed by atoms with van der Waals surface area (Å²) < 4.78 is 57.3. The number of phosphoric ester groups is 1. The molecule has 0 unspecified atom stereocenters. The van der Waals surface area contributed by atoms with E-state index < -0.39 is 30.8 Å². The number of nitrogen functional groups attached to an aromatic ring is 2. The number of carbonyl (C=O) groups is 1. The van der Waals surface area contributed by atoms with Crippen LogP contribution in [0.4, 0.5) is 15.9 Å². The van der Waals surface area contributed by atoms with Gasteiger partial charge in [-0.05, 0) is 60.6 Å². The van der Waals surface area contributed by atoms with E-state index in [4.69, 9.17) is 34.3 Å². The number of hydrogen-bond acceptors (Lipinski definition) is 12. The second-order valence-corrected chi connectivity index (χ2v) is 12.8. The predicted molar refractivity (Wildman–Crippen MR) is 154 cm³/mol. The van der Waals surface area contributed by atoms with Crippen molar-refractivity contribution in [2.24, 2.45) is 0 Å². The number of anilines is 2. The van der Waals surface area contributed by atoms with Crippen LogP contribution < -0.4 is 11.5 Å². The zero-order chi connectivity index (χ0) is 31.0. The first-order valence-corrected chi connectivity index (χ1v) is 14.5. The highest BCUT2D eigenvalue weighted by molar-refractivity contribution is 7.48. The topological polar surface area (TPSA) is 180 Å². The molecule has 0 atom stereocenters. The van der Waals surface area contributed by atoms with Gasteiger partial charge in [0.15, 0.2) is 18.1 Å². The van der Waals surface area contributed by atoms with E-state index in [1.54, 1.807) is 54.7 Å². The summed E-state index contributed by atoms with van der Waals surface area (Å²) in [4.78, 5) is 16.8. The summed E-state index contributed by atoms with van der Waals surface area (Å²) in [5.41, 5.74) is 11.5. The lowest BCUT2D eigenvalue weighted by Gasteiger charge is -2.30. The lowest BCUT2D eigenvalue weighted by Crippen LogP contribution is -2.25. The summed E-state index contributed by atoms with van der Waals surface area (Å²) in [6, 6.07) is 2.27. The van der Waals surface area contributed by atoms with Gasteiger partial charge in [0.1, 0.15) is 5.82 Å². The molecule has 42 heavy (non-hydrogen) atoms. The number of ether oxygens (including phenoxy) is 1. The molecule has 3 aromatic heterocycles. The number of benzene rings is 1. The Labute approximate surface area is 241 Å². The molecule has 3 heterocycles. The molecule has 13 nitrogen and oxygen atoms in total. The number of pyridine rings is 1. The molecule has 0 fully saturated rings. The Bertz CT molecular complexity index is 1650. The third-order valence-corrected chi connectivity index (χ3v) is 7.45. The maximum atomic E-state index is 15.1. The third-order valence-electron chi connectivity index (χ3n) is 5.48. The number of nitrogens with two attached hydrogens (primary N) is 2. The average Bonchev–Trinajstić information content (AvgIpc) is 3.48. The average molecular weight is 605 g/mol. The number of esters is 1. The van der Waals surface area contributed by atoms with E-state index in [1.165, 1.54) is 23.1 Å². The minimum atomic E-state index is -3.99. The first-order valence-electron chi connectivity index (χ1n) is 13.0. The Morgan fingerprint density at radius 3 is 2.36 bits per heavy atom. The highest BCUT2D eigenvalue weighted by Gasteiger charge is 2.37. The number of carbonyl (C=O) groups excluding carboxylic acids is 1. The quantitative estimate of drug-likeness (QED) is 0.130.